The molecule has 2 rings (SSSR count). The molecule has 0 radical (unpaired) electrons. The zero-order chi connectivity index (χ0) is 19.4. The minimum atomic E-state index is -0.555. The third kappa shape index (κ3) is 4.05. The highest BCUT2D eigenvalue weighted by atomic mass is 35.5. The third-order valence-electron chi connectivity index (χ3n) is 4.25. The molecule has 140 valence electrons. The van der Waals surface area contributed by atoms with Crippen LogP contribution in [0.25, 0.3) is 0 Å². The monoisotopic (exact) mass is 397 g/mol. The molecule has 0 fully saturated rings. The number of dihydropyridines is 1. The maximum atomic E-state index is 12.7. The number of carbonyl (C=O) groups is 2. The lowest BCUT2D eigenvalue weighted by Gasteiger charge is -2.32. The van der Waals surface area contributed by atoms with Crippen LogP contribution in [0.4, 0.5) is 0 Å². The van der Waals surface area contributed by atoms with Crippen LogP contribution in [0.2, 0.25) is 10.0 Å². The van der Waals surface area contributed by atoms with Gasteiger partial charge >= 0.3 is 11.9 Å². The number of esters is 2. The Hall–Kier alpha value is -1.98. The summed E-state index contributed by atoms with van der Waals surface area (Å²) in [5.74, 6) is -1.43. The predicted octanol–water partition coefficient (Wildman–Crippen LogP) is 4.35. The van der Waals surface area contributed by atoms with E-state index < -0.39 is 17.9 Å². The lowest BCUT2D eigenvalue weighted by Crippen LogP contribution is -2.30. The lowest BCUT2D eigenvalue weighted by molar-refractivity contribution is -0.141. The predicted molar refractivity (Wildman–Crippen MR) is 101 cm³/mol. The second-order valence-electron chi connectivity index (χ2n) is 5.86. The number of allylic oxidation sites excluding steroid dienone is 2. The topological polar surface area (TPSA) is 64.6 Å². The summed E-state index contributed by atoms with van der Waals surface area (Å²) in [7, 11) is 1.32. The van der Waals surface area contributed by atoms with E-state index >= 15 is 0 Å². The number of methoxy groups -OCH3 is 1. The van der Waals surface area contributed by atoms with Gasteiger partial charge in [0.05, 0.1) is 35.8 Å². The van der Waals surface area contributed by atoms with Gasteiger partial charge in [-0.15, -0.1) is 0 Å². The Kier molecular flexibility index (Phi) is 6.73. The molecule has 0 amide bonds. The van der Waals surface area contributed by atoms with Crippen LogP contribution in [0.1, 0.15) is 38.7 Å². The molecular weight excluding hydrogens is 377 g/mol. The summed E-state index contributed by atoms with van der Waals surface area (Å²) in [5, 5.41) is 3.87. The highest BCUT2D eigenvalue weighted by Crippen LogP contribution is 2.44. The number of ether oxygens (including phenoxy) is 2. The smallest absolute Gasteiger partial charge is 0.336 e. The number of halogens is 2. The van der Waals surface area contributed by atoms with Crippen LogP contribution in [0.3, 0.4) is 0 Å². The fraction of sp³-hybridized carbons (Fsp3) is 0.368. The van der Waals surface area contributed by atoms with Gasteiger partial charge in [-0.1, -0.05) is 35.3 Å². The second-order valence-corrected chi connectivity index (χ2v) is 6.65. The zero-order valence-corrected chi connectivity index (χ0v) is 16.6. The largest absolute Gasteiger partial charge is 0.469 e. The van der Waals surface area contributed by atoms with Gasteiger partial charge in [-0.2, -0.15) is 0 Å². The van der Waals surface area contributed by atoms with Gasteiger partial charge in [0.15, 0.2) is 0 Å². The molecule has 1 N–H and O–H groups in total. The summed E-state index contributed by atoms with van der Waals surface area (Å²) in [6, 6.07) is 5.22. The summed E-state index contributed by atoms with van der Waals surface area (Å²) in [6.07, 6.45) is 0.0129. The van der Waals surface area contributed by atoms with E-state index in [0.29, 0.717) is 32.5 Å². The Labute approximate surface area is 162 Å². The van der Waals surface area contributed by atoms with Crippen molar-refractivity contribution >= 4 is 35.1 Å². The Balaban J connectivity index is 2.67. The van der Waals surface area contributed by atoms with Crippen molar-refractivity contribution in [2.45, 2.75) is 33.1 Å². The average Bonchev–Trinajstić information content (AvgIpc) is 2.59. The summed E-state index contributed by atoms with van der Waals surface area (Å²) in [6.45, 7) is 5.60. The third-order valence-corrected chi connectivity index (χ3v) is 5.08. The van der Waals surface area contributed by atoms with Crippen LogP contribution in [-0.2, 0) is 19.1 Å². The molecule has 1 atom stereocenters. The van der Waals surface area contributed by atoms with E-state index in [0.717, 1.165) is 5.70 Å². The average molecular weight is 398 g/mol. The normalized spacial score (nSPS) is 17.1. The van der Waals surface area contributed by atoms with Crippen LogP contribution in [0, 0.1) is 0 Å². The molecule has 1 heterocycles. The Bertz CT molecular complexity index is 799. The van der Waals surface area contributed by atoms with E-state index in [1.54, 1.807) is 32.0 Å². The van der Waals surface area contributed by atoms with Gasteiger partial charge < -0.3 is 14.8 Å². The molecule has 0 aliphatic carbocycles. The quantitative estimate of drug-likeness (QED) is 0.747. The fourth-order valence-corrected chi connectivity index (χ4v) is 3.48. The Morgan fingerprint density at radius 3 is 2.50 bits per heavy atom. The van der Waals surface area contributed by atoms with Gasteiger partial charge in [0, 0.05) is 17.3 Å². The summed E-state index contributed by atoms with van der Waals surface area (Å²) >= 11 is 12.6. The molecule has 0 aromatic heterocycles. The molecule has 1 aliphatic heterocycles. The maximum absolute atomic E-state index is 12.7. The summed E-state index contributed by atoms with van der Waals surface area (Å²) in [5.41, 5.74) is 3.15. The minimum absolute atomic E-state index is 0.0129. The van der Waals surface area contributed by atoms with Crippen LogP contribution >= 0.6 is 23.2 Å². The van der Waals surface area contributed by atoms with Crippen LogP contribution in [0.15, 0.2) is 40.7 Å². The summed E-state index contributed by atoms with van der Waals surface area (Å²) < 4.78 is 10.1. The number of carbonyl (C=O) groups excluding carboxylic acids is 2. The molecule has 0 bridgehead atoms. The van der Waals surface area contributed by atoms with E-state index in [1.165, 1.54) is 7.11 Å². The van der Waals surface area contributed by atoms with Crippen molar-refractivity contribution in [2.24, 2.45) is 0 Å². The number of nitrogens with one attached hydrogen (secondary N) is 1. The minimum Gasteiger partial charge on any atom is -0.469 e. The van der Waals surface area contributed by atoms with Gasteiger partial charge in [-0.05, 0) is 38.0 Å². The zero-order valence-electron chi connectivity index (χ0n) is 15.1. The molecule has 1 aromatic rings. The first-order valence-corrected chi connectivity index (χ1v) is 8.92. The molecule has 7 heteroatoms. The van der Waals surface area contributed by atoms with Crippen molar-refractivity contribution in [3.05, 3.63) is 56.3 Å². The van der Waals surface area contributed by atoms with Gasteiger partial charge in [0.25, 0.3) is 0 Å². The van der Waals surface area contributed by atoms with E-state index in [-0.39, 0.29) is 13.0 Å². The molecule has 5 nitrogen and oxygen atoms in total. The van der Waals surface area contributed by atoms with Crippen molar-refractivity contribution in [2.75, 3.05) is 13.7 Å². The molecule has 0 spiro atoms. The first-order valence-electron chi connectivity index (χ1n) is 8.17. The first-order chi connectivity index (χ1) is 12.3. The van der Waals surface area contributed by atoms with Crippen molar-refractivity contribution < 1.29 is 19.1 Å². The van der Waals surface area contributed by atoms with Crippen LogP contribution in [-0.4, -0.2) is 25.7 Å². The van der Waals surface area contributed by atoms with Gasteiger partial charge in [0.1, 0.15) is 0 Å². The van der Waals surface area contributed by atoms with E-state index in [1.807, 2.05) is 6.92 Å². The molecule has 0 saturated heterocycles. The number of hydrogen-bond acceptors (Lipinski definition) is 5. The van der Waals surface area contributed by atoms with Crippen molar-refractivity contribution in [1.29, 1.82) is 0 Å². The highest BCUT2D eigenvalue weighted by molar-refractivity contribution is 6.42. The van der Waals surface area contributed by atoms with Crippen molar-refractivity contribution in [1.82, 2.24) is 5.32 Å². The highest BCUT2D eigenvalue weighted by Gasteiger charge is 2.36. The molecule has 1 unspecified atom stereocenters. The van der Waals surface area contributed by atoms with Gasteiger partial charge in [-0.3, -0.25) is 4.79 Å². The number of rotatable bonds is 5. The standard InChI is InChI=1S/C19H21Cl2NO4/c1-5-26-19(24)16-11(3)22-10(2)13(9-15(23)25-4)17(16)12-7-6-8-14(20)18(12)21/h6-8,17,22H,5,9H2,1-4H3. The second kappa shape index (κ2) is 8.60. The van der Waals surface area contributed by atoms with Crippen molar-refractivity contribution in [3.63, 3.8) is 0 Å². The van der Waals surface area contributed by atoms with Gasteiger partial charge in [-0.25, -0.2) is 4.79 Å². The van der Waals surface area contributed by atoms with E-state index in [2.05, 4.69) is 5.32 Å². The van der Waals surface area contributed by atoms with Crippen LogP contribution in [0.5, 0.6) is 0 Å². The first kappa shape index (κ1) is 20.3. The fourth-order valence-electron chi connectivity index (χ4n) is 3.06. The molecular formula is C19H21Cl2NO4. The molecule has 1 aliphatic rings. The Morgan fingerprint density at radius 1 is 1.19 bits per heavy atom. The number of hydrogen-bond donors (Lipinski definition) is 1. The van der Waals surface area contributed by atoms with E-state index in [4.69, 9.17) is 32.7 Å². The van der Waals surface area contributed by atoms with Crippen LogP contribution < -0.4 is 5.32 Å². The molecule has 1 aromatic carbocycles. The maximum Gasteiger partial charge on any atom is 0.336 e. The molecule has 26 heavy (non-hydrogen) atoms. The lowest BCUT2D eigenvalue weighted by atomic mass is 9.79. The van der Waals surface area contributed by atoms with Gasteiger partial charge in [0.2, 0.25) is 0 Å². The molecule has 0 saturated carbocycles. The Morgan fingerprint density at radius 2 is 1.88 bits per heavy atom. The van der Waals surface area contributed by atoms with Crippen molar-refractivity contribution in [3.8, 4) is 0 Å². The van der Waals surface area contributed by atoms with E-state index in [9.17, 15) is 9.59 Å². The summed E-state index contributed by atoms with van der Waals surface area (Å²) in [4.78, 5) is 24.6. The number of benzene rings is 1. The SMILES string of the molecule is CCOC(=O)C1=C(C)NC(C)=C(CC(=O)OC)C1c1cccc(Cl)c1Cl.